The van der Waals surface area contributed by atoms with Gasteiger partial charge in [0.15, 0.2) is 0 Å². The summed E-state index contributed by atoms with van der Waals surface area (Å²) >= 11 is 0. The van der Waals surface area contributed by atoms with E-state index in [4.69, 9.17) is 5.73 Å². The van der Waals surface area contributed by atoms with Crippen LogP contribution >= 0.6 is 0 Å². The van der Waals surface area contributed by atoms with Crippen molar-refractivity contribution in [1.29, 1.82) is 0 Å². The Morgan fingerprint density at radius 2 is 1.86 bits per heavy atom. The molecule has 0 radical (unpaired) electrons. The number of nitrogens with zero attached hydrogens (tertiary/aromatic N) is 2. The predicted octanol–water partition coefficient (Wildman–Crippen LogP) is 0.664. The third-order valence-electron chi connectivity index (χ3n) is 3.85. The van der Waals surface area contributed by atoms with Gasteiger partial charge >= 0.3 is 0 Å². The van der Waals surface area contributed by atoms with Gasteiger partial charge in [-0.3, -0.25) is 9.69 Å². The van der Waals surface area contributed by atoms with Crippen molar-refractivity contribution in [3.8, 4) is 0 Å². The zero-order chi connectivity index (χ0) is 14.9. The summed E-state index contributed by atoms with van der Waals surface area (Å²) in [5.41, 5.74) is 6.69. The first-order valence-electron chi connectivity index (χ1n) is 7.78. The number of nitrogens with two attached hydrogens (primary N) is 1. The van der Waals surface area contributed by atoms with Crippen LogP contribution in [0.2, 0.25) is 0 Å². The largest absolute Gasteiger partial charge is 0.369 e. The molecule has 3 N–H and O–H groups in total. The summed E-state index contributed by atoms with van der Waals surface area (Å²) in [5, 5.41) is 2.90. The molecule has 0 aliphatic carbocycles. The number of para-hydroxylation sites is 1. The first-order chi connectivity index (χ1) is 10.3. The average Bonchev–Trinajstić information content (AvgIpc) is 2.54. The molecular formula is C16H26N4O. The zero-order valence-corrected chi connectivity index (χ0v) is 12.6. The molecule has 1 aliphatic rings. The van der Waals surface area contributed by atoms with E-state index in [-0.39, 0.29) is 5.91 Å². The third kappa shape index (κ3) is 5.36. The lowest BCUT2D eigenvalue weighted by atomic mass is 10.2. The van der Waals surface area contributed by atoms with Crippen LogP contribution in [0, 0.1) is 0 Å². The predicted molar refractivity (Wildman–Crippen MR) is 86.4 cm³/mol. The van der Waals surface area contributed by atoms with Crippen molar-refractivity contribution in [2.45, 2.75) is 12.8 Å². The van der Waals surface area contributed by atoms with Gasteiger partial charge in [-0.25, -0.2) is 0 Å². The Hall–Kier alpha value is -1.59. The molecule has 0 spiro atoms. The second-order valence-corrected chi connectivity index (χ2v) is 5.41. The van der Waals surface area contributed by atoms with Gasteiger partial charge in [0.05, 0.1) is 0 Å². The minimum Gasteiger partial charge on any atom is -0.369 e. The molecule has 2 rings (SSSR count). The minimum atomic E-state index is 0.133. The van der Waals surface area contributed by atoms with Crippen molar-refractivity contribution >= 4 is 11.6 Å². The first kappa shape index (κ1) is 15.8. The summed E-state index contributed by atoms with van der Waals surface area (Å²) in [6, 6.07) is 10.5. The minimum absolute atomic E-state index is 0.133. The van der Waals surface area contributed by atoms with E-state index < -0.39 is 0 Å². The number of rotatable bonds is 7. The average molecular weight is 290 g/mol. The van der Waals surface area contributed by atoms with Crippen LogP contribution in [0.25, 0.3) is 0 Å². The molecule has 5 heteroatoms. The quantitative estimate of drug-likeness (QED) is 0.724. The van der Waals surface area contributed by atoms with Crippen LogP contribution in [-0.4, -0.2) is 56.6 Å². The molecule has 1 fully saturated rings. The maximum Gasteiger partial charge on any atom is 0.221 e. The molecule has 1 aromatic carbocycles. The van der Waals surface area contributed by atoms with Crippen molar-refractivity contribution in [1.82, 2.24) is 10.2 Å². The number of amides is 1. The van der Waals surface area contributed by atoms with Gasteiger partial charge in [-0.05, 0) is 25.1 Å². The van der Waals surface area contributed by atoms with Crippen LogP contribution in [-0.2, 0) is 4.79 Å². The maximum absolute atomic E-state index is 11.7. The second-order valence-electron chi connectivity index (χ2n) is 5.41. The number of piperazine rings is 1. The summed E-state index contributed by atoms with van der Waals surface area (Å²) in [7, 11) is 0. The highest BCUT2D eigenvalue weighted by molar-refractivity contribution is 5.76. The topological polar surface area (TPSA) is 61.6 Å². The van der Waals surface area contributed by atoms with Gasteiger partial charge in [-0.15, -0.1) is 0 Å². The van der Waals surface area contributed by atoms with Gasteiger partial charge in [0, 0.05) is 51.4 Å². The molecule has 0 unspecified atom stereocenters. The lowest BCUT2D eigenvalue weighted by Gasteiger charge is -2.36. The number of carbonyl (C=O) groups is 1. The highest BCUT2D eigenvalue weighted by atomic mass is 16.1. The number of hydrogen-bond acceptors (Lipinski definition) is 4. The van der Waals surface area contributed by atoms with Crippen LogP contribution in [0.1, 0.15) is 12.8 Å². The molecule has 1 heterocycles. The molecule has 1 amide bonds. The molecule has 116 valence electrons. The van der Waals surface area contributed by atoms with Crippen molar-refractivity contribution in [2.24, 2.45) is 5.73 Å². The van der Waals surface area contributed by atoms with E-state index in [1.807, 2.05) is 6.07 Å². The summed E-state index contributed by atoms with van der Waals surface area (Å²) in [5.74, 6) is 0.133. The normalized spacial score (nSPS) is 16.0. The molecule has 0 saturated carbocycles. The Balaban J connectivity index is 1.64. The lowest BCUT2D eigenvalue weighted by molar-refractivity contribution is -0.121. The van der Waals surface area contributed by atoms with E-state index in [2.05, 4.69) is 39.4 Å². The SMILES string of the molecule is NCCCNC(=O)CCN1CCN(c2ccccc2)CC1. The van der Waals surface area contributed by atoms with Crippen LogP contribution in [0.4, 0.5) is 5.69 Å². The molecule has 5 nitrogen and oxygen atoms in total. The molecule has 1 aliphatic heterocycles. The van der Waals surface area contributed by atoms with Crippen molar-refractivity contribution in [2.75, 3.05) is 50.7 Å². The smallest absolute Gasteiger partial charge is 0.221 e. The first-order valence-corrected chi connectivity index (χ1v) is 7.78. The molecule has 0 aromatic heterocycles. The van der Waals surface area contributed by atoms with Gasteiger partial charge in [0.1, 0.15) is 0 Å². The van der Waals surface area contributed by atoms with E-state index in [0.717, 1.165) is 39.1 Å². The monoisotopic (exact) mass is 290 g/mol. The highest BCUT2D eigenvalue weighted by Gasteiger charge is 2.17. The van der Waals surface area contributed by atoms with Crippen molar-refractivity contribution in [3.05, 3.63) is 30.3 Å². The Bertz CT molecular complexity index is 416. The number of nitrogens with one attached hydrogen (secondary N) is 1. The fraction of sp³-hybridized carbons (Fsp3) is 0.562. The van der Waals surface area contributed by atoms with Gasteiger partial charge in [-0.2, -0.15) is 0 Å². The number of carbonyl (C=O) groups excluding carboxylic acids is 1. The third-order valence-corrected chi connectivity index (χ3v) is 3.85. The Morgan fingerprint density at radius 3 is 2.52 bits per heavy atom. The number of hydrogen-bond donors (Lipinski definition) is 2. The lowest BCUT2D eigenvalue weighted by Crippen LogP contribution is -2.47. The molecule has 0 bridgehead atoms. The van der Waals surface area contributed by atoms with Gasteiger partial charge in [-0.1, -0.05) is 18.2 Å². The maximum atomic E-state index is 11.7. The van der Waals surface area contributed by atoms with Crippen LogP contribution in [0.15, 0.2) is 30.3 Å². The Morgan fingerprint density at radius 1 is 1.14 bits per heavy atom. The van der Waals surface area contributed by atoms with Gasteiger partial charge in [0.25, 0.3) is 0 Å². The zero-order valence-electron chi connectivity index (χ0n) is 12.6. The van der Waals surface area contributed by atoms with Crippen LogP contribution in [0.3, 0.4) is 0 Å². The van der Waals surface area contributed by atoms with E-state index in [0.29, 0.717) is 19.5 Å². The second kappa shape index (κ2) is 8.64. The Labute approximate surface area is 127 Å². The summed E-state index contributed by atoms with van der Waals surface area (Å²) in [4.78, 5) is 16.4. The highest BCUT2D eigenvalue weighted by Crippen LogP contribution is 2.15. The standard InChI is InChI=1S/C16H26N4O/c17-8-4-9-18-16(21)7-10-19-11-13-20(14-12-19)15-5-2-1-3-6-15/h1-3,5-6H,4,7-14,17H2,(H,18,21). The fourth-order valence-electron chi connectivity index (χ4n) is 2.55. The molecule has 0 atom stereocenters. The van der Waals surface area contributed by atoms with E-state index in [1.54, 1.807) is 0 Å². The summed E-state index contributed by atoms with van der Waals surface area (Å²) in [6.07, 6.45) is 1.43. The number of benzene rings is 1. The summed E-state index contributed by atoms with van der Waals surface area (Å²) < 4.78 is 0. The molecule has 1 aromatic rings. The van der Waals surface area contributed by atoms with Crippen molar-refractivity contribution < 1.29 is 4.79 Å². The van der Waals surface area contributed by atoms with Gasteiger partial charge in [0.2, 0.25) is 5.91 Å². The Kier molecular flexibility index (Phi) is 6.50. The molecular weight excluding hydrogens is 264 g/mol. The van der Waals surface area contributed by atoms with Gasteiger partial charge < -0.3 is 16.0 Å². The van der Waals surface area contributed by atoms with Crippen LogP contribution < -0.4 is 16.0 Å². The molecule has 1 saturated heterocycles. The van der Waals surface area contributed by atoms with E-state index in [1.165, 1.54) is 5.69 Å². The summed E-state index contributed by atoms with van der Waals surface area (Å²) in [6.45, 7) is 6.25. The number of anilines is 1. The van der Waals surface area contributed by atoms with Crippen molar-refractivity contribution in [3.63, 3.8) is 0 Å². The van der Waals surface area contributed by atoms with E-state index in [9.17, 15) is 4.79 Å². The van der Waals surface area contributed by atoms with Crippen LogP contribution in [0.5, 0.6) is 0 Å². The van der Waals surface area contributed by atoms with E-state index >= 15 is 0 Å². The molecule has 21 heavy (non-hydrogen) atoms. The fourth-order valence-corrected chi connectivity index (χ4v) is 2.55.